The van der Waals surface area contributed by atoms with Crippen molar-refractivity contribution in [1.29, 1.82) is 0 Å². The fourth-order valence-electron chi connectivity index (χ4n) is 3.88. The van der Waals surface area contributed by atoms with Gasteiger partial charge in [-0.3, -0.25) is 9.69 Å². The molecule has 8 heteroatoms. The third-order valence-electron chi connectivity index (χ3n) is 5.86. The van der Waals surface area contributed by atoms with Gasteiger partial charge in [0.05, 0.1) is 18.9 Å². The number of aryl methyl sites for hydroxylation is 1. The number of rotatable bonds is 9. The van der Waals surface area contributed by atoms with Crippen LogP contribution in [0, 0.1) is 6.92 Å². The number of nitrogens with zero attached hydrogens (tertiary/aromatic N) is 3. The van der Waals surface area contributed by atoms with E-state index in [1.807, 2.05) is 37.3 Å². The van der Waals surface area contributed by atoms with Gasteiger partial charge >= 0.3 is 0 Å². The summed E-state index contributed by atoms with van der Waals surface area (Å²) in [7, 11) is 3.22. The zero-order valence-corrected chi connectivity index (χ0v) is 20.5. The minimum absolute atomic E-state index is 0.226. The first kappa shape index (κ1) is 23.1. The summed E-state index contributed by atoms with van der Waals surface area (Å²) in [5.74, 6) is 1.33. The van der Waals surface area contributed by atoms with Crippen LogP contribution in [0.3, 0.4) is 0 Å². The Labute approximate surface area is 197 Å². The predicted molar refractivity (Wildman–Crippen MR) is 133 cm³/mol. The van der Waals surface area contributed by atoms with E-state index in [9.17, 15) is 4.79 Å². The number of methoxy groups -OCH3 is 2. The molecule has 0 aliphatic carbocycles. The van der Waals surface area contributed by atoms with Gasteiger partial charge < -0.3 is 18.8 Å². The number of ether oxygens (including phenoxy) is 2. The zero-order chi connectivity index (χ0) is 23.5. The van der Waals surface area contributed by atoms with E-state index in [2.05, 4.69) is 18.7 Å². The number of likely N-dealkylation sites (N-methyl/N-ethyl adjacent to an activating group) is 1. The number of thiazole rings is 1. The molecule has 2 heterocycles. The van der Waals surface area contributed by atoms with Gasteiger partial charge in [0.25, 0.3) is 5.91 Å². The second kappa shape index (κ2) is 9.80. The van der Waals surface area contributed by atoms with E-state index >= 15 is 0 Å². The summed E-state index contributed by atoms with van der Waals surface area (Å²) in [5.41, 5.74) is 2.43. The minimum atomic E-state index is -0.226. The van der Waals surface area contributed by atoms with Crippen molar-refractivity contribution in [2.45, 2.75) is 20.8 Å². The number of benzene rings is 2. The molecule has 0 radical (unpaired) electrons. The van der Waals surface area contributed by atoms with Crippen LogP contribution in [0.15, 0.2) is 40.8 Å². The van der Waals surface area contributed by atoms with Crippen molar-refractivity contribution in [1.82, 2.24) is 9.88 Å². The van der Waals surface area contributed by atoms with Crippen LogP contribution in [-0.4, -0.2) is 56.2 Å². The first-order chi connectivity index (χ1) is 16.0. The Balaban J connectivity index is 1.77. The predicted octanol–water partition coefficient (Wildman–Crippen LogP) is 5.36. The molecule has 0 aliphatic heterocycles. The lowest BCUT2D eigenvalue weighted by Gasteiger charge is -2.24. The first-order valence-corrected chi connectivity index (χ1v) is 11.9. The molecule has 2 aromatic carbocycles. The maximum Gasteiger partial charge on any atom is 0.295 e. The van der Waals surface area contributed by atoms with Crippen molar-refractivity contribution in [3.8, 4) is 11.5 Å². The van der Waals surface area contributed by atoms with Gasteiger partial charge in [0.1, 0.15) is 11.3 Å². The molecule has 0 saturated heterocycles. The van der Waals surface area contributed by atoms with Crippen LogP contribution in [0.5, 0.6) is 11.5 Å². The highest BCUT2D eigenvalue weighted by Gasteiger charge is 2.26. The maximum atomic E-state index is 13.7. The van der Waals surface area contributed by atoms with E-state index in [-0.39, 0.29) is 11.7 Å². The molecule has 0 spiro atoms. The van der Waals surface area contributed by atoms with E-state index in [0.717, 1.165) is 40.8 Å². The summed E-state index contributed by atoms with van der Waals surface area (Å²) in [6, 6.07) is 11.3. The normalized spacial score (nSPS) is 11.5. The molecule has 0 fully saturated rings. The second-order valence-electron chi connectivity index (χ2n) is 7.73. The number of hydrogen-bond donors (Lipinski definition) is 0. The third-order valence-corrected chi connectivity index (χ3v) is 7.07. The molecule has 174 valence electrons. The van der Waals surface area contributed by atoms with E-state index in [4.69, 9.17) is 18.9 Å². The number of carbonyl (C=O) groups is 1. The van der Waals surface area contributed by atoms with Crippen molar-refractivity contribution in [2.75, 3.05) is 45.3 Å². The number of hydrogen-bond acceptors (Lipinski definition) is 7. The molecule has 0 bridgehead atoms. The zero-order valence-electron chi connectivity index (χ0n) is 19.7. The van der Waals surface area contributed by atoms with Gasteiger partial charge in [-0.15, -0.1) is 0 Å². The lowest BCUT2D eigenvalue weighted by molar-refractivity contribution is 0.0959. The van der Waals surface area contributed by atoms with Crippen molar-refractivity contribution < 1.29 is 18.7 Å². The Morgan fingerprint density at radius 2 is 1.82 bits per heavy atom. The Morgan fingerprint density at radius 3 is 2.52 bits per heavy atom. The molecule has 7 nitrogen and oxygen atoms in total. The summed E-state index contributed by atoms with van der Waals surface area (Å²) >= 11 is 1.50. The van der Waals surface area contributed by atoms with Gasteiger partial charge in [0, 0.05) is 18.5 Å². The number of para-hydroxylation sites is 1. The van der Waals surface area contributed by atoms with Crippen LogP contribution in [0.25, 0.3) is 21.2 Å². The summed E-state index contributed by atoms with van der Waals surface area (Å²) < 4.78 is 17.9. The minimum Gasteiger partial charge on any atom is -0.494 e. The van der Waals surface area contributed by atoms with Crippen molar-refractivity contribution in [3.05, 3.63) is 47.7 Å². The monoisotopic (exact) mass is 467 g/mol. The van der Waals surface area contributed by atoms with Crippen LogP contribution >= 0.6 is 11.3 Å². The fraction of sp³-hybridized carbons (Fsp3) is 0.360. The molecule has 0 N–H and O–H groups in total. The molecule has 0 aliphatic rings. The van der Waals surface area contributed by atoms with Gasteiger partial charge in [-0.25, -0.2) is 4.98 Å². The number of anilines is 1. The highest BCUT2D eigenvalue weighted by molar-refractivity contribution is 7.22. The van der Waals surface area contributed by atoms with Crippen molar-refractivity contribution >= 4 is 43.6 Å². The maximum absolute atomic E-state index is 13.7. The van der Waals surface area contributed by atoms with E-state index < -0.39 is 0 Å². The van der Waals surface area contributed by atoms with E-state index in [1.54, 1.807) is 25.2 Å². The summed E-state index contributed by atoms with van der Waals surface area (Å²) in [6.07, 6.45) is 0. The molecule has 0 unspecified atom stereocenters. The number of amides is 1. The fourth-order valence-corrected chi connectivity index (χ4v) is 4.96. The number of fused-ring (bicyclic) bond motifs is 2. The Bertz CT molecular complexity index is 1280. The average molecular weight is 468 g/mol. The number of furan rings is 1. The van der Waals surface area contributed by atoms with E-state index in [0.29, 0.717) is 28.8 Å². The largest absolute Gasteiger partial charge is 0.494 e. The summed E-state index contributed by atoms with van der Waals surface area (Å²) in [4.78, 5) is 22.5. The van der Waals surface area contributed by atoms with Gasteiger partial charge in [0.2, 0.25) is 0 Å². The van der Waals surface area contributed by atoms with Crippen LogP contribution in [-0.2, 0) is 0 Å². The number of aromatic nitrogens is 1. The molecule has 0 saturated carbocycles. The molecule has 33 heavy (non-hydrogen) atoms. The smallest absolute Gasteiger partial charge is 0.295 e. The average Bonchev–Trinajstić information content (AvgIpc) is 3.47. The van der Waals surface area contributed by atoms with Crippen molar-refractivity contribution in [2.24, 2.45) is 0 Å². The Morgan fingerprint density at radius 1 is 1.06 bits per heavy atom. The van der Waals surface area contributed by atoms with Gasteiger partial charge in [-0.1, -0.05) is 43.4 Å². The number of carbonyl (C=O) groups excluding carboxylic acids is 1. The Kier molecular flexibility index (Phi) is 6.85. The molecule has 4 aromatic rings. The standard InChI is InChI=1S/C25H29N3O4S/c1-6-27(7-2)13-14-28(25-26-21-18(30-4)12-11-16(3)23(21)33-25)24(29)20-15-17-9-8-10-19(31-5)22(17)32-20/h8-12,15H,6-7,13-14H2,1-5H3. The van der Waals surface area contributed by atoms with Gasteiger partial charge in [-0.2, -0.15) is 0 Å². The van der Waals surface area contributed by atoms with Gasteiger partial charge in [-0.05, 0) is 43.8 Å². The highest BCUT2D eigenvalue weighted by Crippen LogP contribution is 2.37. The van der Waals surface area contributed by atoms with Crippen molar-refractivity contribution in [3.63, 3.8) is 0 Å². The third kappa shape index (κ3) is 4.41. The lowest BCUT2D eigenvalue weighted by atomic mass is 10.2. The molecule has 4 rings (SSSR count). The molecular weight excluding hydrogens is 438 g/mol. The molecule has 0 atom stereocenters. The Hall–Kier alpha value is -3.10. The van der Waals surface area contributed by atoms with Crippen LogP contribution < -0.4 is 14.4 Å². The second-order valence-corrected chi connectivity index (χ2v) is 8.71. The molecule has 1 amide bonds. The summed E-state index contributed by atoms with van der Waals surface area (Å²) in [5, 5.41) is 1.45. The first-order valence-electron chi connectivity index (χ1n) is 11.1. The van der Waals surface area contributed by atoms with E-state index in [1.165, 1.54) is 11.3 Å². The topological polar surface area (TPSA) is 68.0 Å². The SMILES string of the molecule is CCN(CC)CCN(C(=O)c1cc2cccc(OC)c2o1)c1nc2c(OC)ccc(C)c2s1. The molecular formula is C25H29N3O4S. The highest BCUT2D eigenvalue weighted by atomic mass is 32.1. The quantitative estimate of drug-likeness (QED) is 0.330. The molecule has 2 aromatic heterocycles. The lowest BCUT2D eigenvalue weighted by Crippen LogP contribution is -2.38. The van der Waals surface area contributed by atoms with Crippen LogP contribution in [0.4, 0.5) is 5.13 Å². The summed E-state index contributed by atoms with van der Waals surface area (Å²) in [6.45, 7) is 9.32. The van der Waals surface area contributed by atoms with Crippen LogP contribution in [0.2, 0.25) is 0 Å². The van der Waals surface area contributed by atoms with Gasteiger partial charge in [0.15, 0.2) is 22.2 Å². The van der Waals surface area contributed by atoms with Crippen LogP contribution in [0.1, 0.15) is 30.0 Å².